The highest BCUT2D eigenvalue weighted by molar-refractivity contribution is 6.39. The Bertz CT molecular complexity index is 645. The average molecular weight is 282 g/mol. The number of likely N-dealkylation sites (N-methyl/N-ethyl adjacent to an activating group) is 1. The number of rotatable bonds is 1. The second kappa shape index (κ2) is 4.30. The number of hydrogen-bond donors (Lipinski definition) is 0. The second-order valence-corrected chi connectivity index (χ2v) is 5.47. The molecule has 0 saturated carbocycles. The minimum absolute atomic E-state index is 0.567. The molecule has 0 aliphatic carbocycles. The van der Waals surface area contributed by atoms with Crippen molar-refractivity contribution in [2.45, 2.75) is 13.0 Å². The van der Waals surface area contributed by atoms with Gasteiger partial charge in [-0.2, -0.15) is 0 Å². The highest BCUT2D eigenvalue weighted by Gasteiger charge is 2.24. The van der Waals surface area contributed by atoms with Gasteiger partial charge in [-0.25, -0.2) is 0 Å². The minimum atomic E-state index is 0.567. The molecule has 0 bridgehead atoms. The number of furan rings is 1. The lowest BCUT2D eigenvalue weighted by Gasteiger charge is -2.12. The largest absolute Gasteiger partial charge is 0.455 e. The van der Waals surface area contributed by atoms with Crippen molar-refractivity contribution in [3.63, 3.8) is 0 Å². The van der Waals surface area contributed by atoms with Crippen LogP contribution >= 0.6 is 23.2 Å². The lowest BCUT2D eigenvalue weighted by molar-refractivity contribution is 0.334. The van der Waals surface area contributed by atoms with Gasteiger partial charge in [-0.1, -0.05) is 29.8 Å². The van der Waals surface area contributed by atoms with Crippen LogP contribution in [0.1, 0.15) is 16.9 Å². The van der Waals surface area contributed by atoms with E-state index in [1.54, 1.807) is 12.1 Å². The lowest BCUT2D eigenvalue weighted by atomic mass is 10.0. The molecule has 1 aliphatic rings. The minimum Gasteiger partial charge on any atom is -0.455 e. The van der Waals surface area contributed by atoms with Gasteiger partial charge in [0.25, 0.3) is 0 Å². The van der Waals surface area contributed by atoms with Gasteiger partial charge in [0.2, 0.25) is 0 Å². The monoisotopic (exact) mass is 281 g/mol. The predicted molar refractivity (Wildman–Crippen MR) is 76.4 cm³/mol. The van der Waals surface area contributed by atoms with Gasteiger partial charge < -0.3 is 9.32 Å². The zero-order chi connectivity index (χ0) is 12.9. The molecule has 0 radical (unpaired) electrons. The first-order valence-corrected chi connectivity index (χ1v) is 6.60. The molecule has 0 amide bonds. The highest BCUT2D eigenvalue weighted by atomic mass is 35.5. The van der Waals surface area contributed by atoms with Crippen LogP contribution in [-0.2, 0) is 13.0 Å². The van der Waals surface area contributed by atoms with E-state index in [2.05, 4.69) is 18.5 Å². The summed E-state index contributed by atoms with van der Waals surface area (Å²) in [7, 11) is 2.09. The molecule has 2 nitrogen and oxygen atoms in total. The number of benzene rings is 1. The van der Waals surface area contributed by atoms with Gasteiger partial charge in [-0.3, -0.25) is 0 Å². The molecular formula is C14H13Cl2NO. The summed E-state index contributed by atoms with van der Waals surface area (Å²) in [6.45, 7) is 5.61. The summed E-state index contributed by atoms with van der Waals surface area (Å²) >= 11 is 12.5. The molecule has 0 unspecified atom stereocenters. The second-order valence-electron chi connectivity index (χ2n) is 4.66. The van der Waals surface area contributed by atoms with Crippen LogP contribution in [0.25, 0.3) is 17.0 Å². The van der Waals surface area contributed by atoms with Crippen LogP contribution in [0.15, 0.2) is 17.1 Å². The lowest BCUT2D eigenvalue weighted by Crippen LogP contribution is -2.18. The van der Waals surface area contributed by atoms with Gasteiger partial charge in [-0.05, 0) is 31.2 Å². The SMILES string of the molecule is C=Cc1oc2c(Cl)cc(Cl)c3c2c1CN(C)CC3. The van der Waals surface area contributed by atoms with Crippen molar-refractivity contribution in [1.29, 1.82) is 0 Å². The molecule has 1 aliphatic heterocycles. The van der Waals surface area contributed by atoms with Crippen molar-refractivity contribution >= 4 is 40.2 Å². The molecule has 4 heteroatoms. The quantitative estimate of drug-likeness (QED) is 0.772. The maximum absolute atomic E-state index is 6.32. The fraction of sp³-hybridized carbons (Fsp3) is 0.286. The Morgan fingerprint density at radius 2 is 2.11 bits per heavy atom. The molecular weight excluding hydrogens is 269 g/mol. The maximum Gasteiger partial charge on any atom is 0.154 e. The van der Waals surface area contributed by atoms with Gasteiger partial charge in [-0.15, -0.1) is 0 Å². The highest BCUT2D eigenvalue weighted by Crippen LogP contribution is 2.40. The molecule has 3 rings (SSSR count). The summed E-state index contributed by atoms with van der Waals surface area (Å²) < 4.78 is 5.81. The zero-order valence-electron chi connectivity index (χ0n) is 10.1. The first kappa shape index (κ1) is 12.1. The van der Waals surface area contributed by atoms with Crippen LogP contribution in [0.4, 0.5) is 0 Å². The number of halogens is 2. The van der Waals surface area contributed by atoms with Crippen molar-refractivity contribution in [2.24, 2.45) is 0 Å². The van der Waals surface area contributed by atoms with E-state index in [9.17, 15) is 0 Å². The summed E-state index contributed by atoms with van der Waals surface area (Å²) in [6.07, 6.45) is 2.65. The topological polar surface area (TPSA) is 16.4 Å². The third kappa shape index (κ3) is 1.68. The Kier molecular flexibility index (Phi) is 2.89. The molecule has 0 atom stereocenters. The van der Waals surface area contributed by atoms with Crippen LogP contribution in [0.2, 0.25) is 10.0 Å². The van der Waals surface area contributed by atoms with Crippen molar-refractivity contribution in [2.75, 3.05) is 13.6 Å². The Balaban J connectivity index is 2.44. The smallest absolute Gasteiger partial charge is 0.154 e. The summed E-state index contributed by atoms with van der Waals surface area (Å²) in [4.78, 5) is 2.25. The van der Waals surface area contributed by atoms with Crippen LogP contribution in [0.3, 0.4) is 0 Å². The fourth-order valence-electron chi connectivity index (χ4n) is 2.57. The van der Waals surface area contributed by atoms with E-state index in [0.29, 0.717) is 5.02 Å². The third-order valence-corrected chi connectivity index (χ3v) is 4.07. The molecule has 18 heavy (non-hydrogen) atoms. The summed E-state index contributed by atoms with van der Waals surface area (Å²) in [5.41, 5.74) is 3.00. The number of nitrogens with zero attached hydrogens (tertiary/aromatic N) is 1. The molecule has 1 aromatic carbocycles. The summed E-state index contributed by atoms with van der Waals surface area (Å²) in [5, 5.41) is 2.37. The third-order valence-electron chi connectivity index (χ3n) is 3.46. The summed E-state index contributed by atoms with van der Waals surface area (Å²) in [6, 6.07) is 1.77. The first-order chi connectivity index (χ1) is 8.61. The molecule has 0 fully saturated rings. The van der Waals surface area contributed by atoms with E-state index in [1.165, 1.54) is 0 Å². The molecule has 1 aromatic heterocycles. The molecule has 94 valence electrons. The van der Waals surface area contributed by atoms with Crippen LogP contribution in [0.5, 0.6) is 0 Å². The zero-order valence-corrected chi connectivity index (χ0v) is 11.6. The van der Waals surface area contributed by atoms with Gasteiger partial charge in [0, 0.05) is 29.1 Å². The Hall–Kier alpha value is -0.960. The maximum atomic E-state index is 6.32. The van der Waals surface area contributed by atoms with Crippen LogP contribution in [0, 0.1) is 0 Å². The van der Waals surface area contributed by atoms with E-state index in [0.717, 1.165) is 52.4 Å². The van der Waals surface area contributed by atoms with Gasteiger partial charge in [0.05, 0.1) is 5.02 Å². The van der Waals surface area contributed by atoms with Gasteiger partial charge in [0.1, 0.15) is 5.76 Å². The summed E-state index contributed by atoms with van der Waals surface area (Å²) in [5.74, 6) is 0.796. The van der Waals surface area contributed by atoms with E-state index < -0.39 is 0 Å². The molecule has 0 spiro atoms. The van der Waals surface area contributed by atoms with Crippen molar-refractivity contribution < 1.29 is 4.42 Å². The average Bonchev–Trinajstić information content (AvgIpc) is 2.59. The van der Waals surface area contributed by atoms with Crippen molar-refractivity contribution in [3.8, 4) is 0 Å². The van der Waals surface area contributed by atoms with Gasteiger partial charge in [0.15, 0.2) is 5.58 Å². The van der Waals surface area contributed by atoms with E-state index in [1.807, 2.05) is 0 Å². The van der Waals surface area contributed by atoms with E-state index >= 15 is 0 Å². The molecule has 0 saturated heterocycles. The predicted octanol–water partition coefficient (Wildman–Crippen LogP) is 4.37. The molecule has 0 N–H and O–H groups in total. The van der Waals surface area contributed by atoms with E-state index in [4.69, 9.17) is 27.6 Å². The van der Waals surface area contributed by atoms with Gasteiger partial charge >= 0.3 is 0 Å². The van der Waals surface area contributed by atoms with E-state index in [-0.39, 0.29) is 0 Å². The van der Waals surface area contributed by atoms with Crippen LogP contribution in [-0.4, -0.2) is 18.5 Å². The van der Waals surface area contributed by atoms with Crippen LogP contribution < -0.4 is 0 Å². The van der Waals surface area contributed by atoms with Crippen molar-refractivity contribution in [1.82, 2.24) is 4.90 Å². The standard InChI is InChI=1S/C14H13Cl2NO/c1-3-12-9-7-17(2)5-4-8-10(15)6-11(16)14(18-12)13(8)9/h3,6H,1,4-5,7H2,2H3. The fourth-order valence-corrected chi connectivity index (χ4v) is 3.17. The normalized spacial score (nSPS) is 15.9. The molecule has 2 heterocycles. The Morgan fingerprint density at radius 1 is 1.33 bits per heavy atom. The Morgan fingerprint density at radius 3 is 2.83 bits per heavy atom. The molecule has 2 aromatic rings. The first-order valence-electron chi connectivity index (χ1n) is 5.85. The Labute approximate surface area is 116 Å². The number of hydrogen-bond acceptors (Lipinski definition) is 2. The van der Waals surface area contributed by atoms with Crippen molar-refractivity contribution in [3.05, 3.63) is 39.6 Å².